The Bertz CT molecular complexity index is 1340. The zero-order valence-electron chi connectivity index (χ0n) is 18.4. The molecule has 8 heteroatoms. The molecule has 34 heavy (non-hydrogen) atoms. The average molecular weight is 479 g/mol. The first kappa shape index (κ1) is 23.2. The van der Waals surface area contributed by atoms with E-state index in [0.29, 0.717) is 22.6 Å². The molecule has 1 heterocycles. The highest BCUT2D eigenvalue weighted by Crippen LogP contribution is 2.29. The largest absolute Gasteiger partial charge is 0.487 e. The van der Waals surface area contributed by atoms with Gasteiger partial charge in [0.2, 0.25) is 0 Å². The van der Waals surface area contributed by atoms with Gasteiger partial charge in [-0.3, -0.25) is 14.9 Å². The Labute approximate surface area is 200 Å². The number of hydrogen-bond acceptors (Lipinski definition) is 4. The van der Waals surface area contributed by atoms with Crippen LogP contribution in [0.1, 0.15) is 22.3 Å². The molecule has 1 aliphatic rings. The highest BCUT2D eigenvalue weighted by atomic mass is 35.5. The van der Waals surface area contributed by atoms with Crippen molar-refractivity contribution in [2.75, 3.05) is 4.90 Å². The van der Waals surface area contributed by atoms with Crippen LogP contribution in [0.25, 0.3) is 6.08 Å². The van der Waals surface area contributed by atoms with Gasteiger partial charge in [-0.1, -0.05) is 41.9 Å². The molecule has 0 aromatic heterocycles. The SMILES string of the molecule is Cc1ccc(C)c(N2C(=O)NC(=O)/C(=C\c3ccc(OCc4ccc(F)cc4)c(Cl)c3)C2=O)c1. The second-order valence-corrected chi connectivity index (χ2v) is 8.26. The zero-order chi connectivity index (χ0) is 24.4. The Kier molecular flexibility index (Phi) is 6.47. The number of nitrogens with zero attached hydrogens (tertiary/aromatic N) is 1. The van der Waals surface area contributed by atoms with Gasteiger partial charge in [0.05, 0.1) is 10.7 Å². The van der Waals surface area contributed by atoms with Crippen LogP contribution in [-0.4, -0.2) is 17.8 Å². The molecule has 0 unspecified atom stereocenters. The van der Waals surface area contributed by atoms with Crippen molar-refractivity contribution in [2.24, 2.45) is 0 Å². The van der Waals surface area contributed by atoms with Crippen molar-refractivity contribution in [2.45, 2.75) is 20.5 Å². The third-order valence-electron chi connectivity index (χ3n) is 5.28. The number of anilines is 1. The minimum Gasteiger partial charge on any atom is -0.487 e. The summed E-state index contributed by atoms with van der Waals surface area (Å²) in [6, 6.07) is 15.3. The van der Waals surface area contributed by atoms with Gasteiger partial charge in [0.25, 0.3) is 11.8 Å². The smallest absolute Gasteiger partial charge is 0.335 e. The number of benzene rings is 3. The highest BCUT2D eigenvalue weighted by molar-refractivity contribution is 6.39. The van der Waals surface area contributed by atoms with Gasteiger partial charge >= 0.3 is 6.03 Å². The van der Waals surface area contributed by atoms with Gasteiger partial charge in [0.15, 0.2) is 0 Å². The van der Waals surface area contributed by atoms with Crippen molar-refractivity contribution in [3.05, 3.63) is 99.3 Å². The van der Waals surface area contributed by atoms with Gasteiger partial charge in [-0.2, -0.15) is 0 Å². The summed E-state index contributed by atoms with van der Waals surface area (Å²) in [7, 11) is 0. The van der Waals surface area contributed by atoms with E-state index in [1.807, 2.05) is 13.0 Å². The quantitative estimate of drug-likeness (QED) is 0.396. The van der Waals surface area contributed by atoms with Crippen molar-refractivity contribution in [1.82, 2.24) is 5.32 Å². The van der Waals surface area contributed by atoms with Crippen LogP contribution in [0.3, 0.4) is 0 Å². The molecule has 172 valence electrons. The van der Waals surface area contributed by atoms with Crippen LogP contribution in [-0.2, 0) is 16.2 Å². The summed E-state index contributed by atoms with van der Waals surface area (Å²) in [4.78, 5) is 39.0. The molecule has 0 radical (unpaired) electrons. The Balaban J connectivity index is 1.58. The van der Waals surface area contributed by atoms with Crippen LogP contribution >= 0.6 is 11.6 Å². The first-order valence-electron chi connectivity index (χ1n) is 10.4. The minimum atomic E-state index is -0.802. The number of rotatable bonds is 5. The van der Waals surface area contributed by atoms with Crippen LogP contribution in [0.4, 0.5) is 14.9 Å². The number of amides is 4. The Morgan fingerprint density at radius 3 is 2.44 bits per heavy atom. The lowest BCUT2D eigenvalue weighted by Gasteiger charge is -2.27. The maximum Gasteiger partial charge on any atom is 0.335 e. The van der Waals surface area contributed by atoms with Gasteiger partial charge in [-0.15, -0.1) is 0 Å². The third-order valence-corrected chi connectivity index (χ3v) is 5.58. The van der Waals surface area contributed by atoms with E-state index in [1.165, 1.54) is 18.2 Å². The molecule has 1 aliphatic heterocycles. The number of barbiturate groups is 1. The van der Waals surface area contributed by atoms with E-state index in [2.05, 4.69) is 5.32 Å². The number of imide groups is 2. The van der Waals surface area contributed by atoms with E-state index >= 15 is 0 Å². The van der Waals surface area contributed by atoms with Crippen molar-refractivity contribution in [3.8, 4) is 5.75 Å². The molecule has 1 saturated heterocycles. The monoisotopic (exact) mass is 478 g/mol. The van der Waals surface area contributed by atoms with Crippen molar-refractivity contribution in [3.63, 3.8) is 0 Å². The lowest BCUT2D eigenvalue weighted by molar-refractivity contribution is -0.122. The number of aryl methyl sites for hydroxylation is 2. The number of carbonyl (C=O) groups excluding carboxylic acids is 3. The molecule has 1 fully saturated rings. The molecule has 0 bridgehead atoms. The molecule has 3 aromatic carbocycles. The molecule has 6 nitrogen and oxygen atoms in total. The van der Waals surface area contributed by atoms with Crippen LogP contribution in [0.15, 0.2) is 66.2 Å². The van der Waals surface area contributed by atoms with Gasteiger partial charge < -0.3 is 4.74 Å². The minimum absolute atomic E-state index is 0.189. The first-order valence-corrected chi connectivity index (χ1v) is 10.8. The fourth-order valence-corrected chi connectivity index (χ4v) is 3.71. The molecule has 1 N–H and O–H groups in total. The number of carbonyl (C=O) groups is 3. The second kappa shape index (κ2) is 9.49. The lowest BCUT2D eigenvalue weighted by Crippen LogP contribution is -2.54. The molecule has 0 atom stereocenters. The molecular formula is C26H20ClFN2O4. The zero-order valence-corrected chi connectivity index (χ0v) is 19.2. The van der Waals surface area contributed by atoms with E-state index in [-0.39, 0.29) is 23.0 Å². The van der Waals surface area contributed by atoms with Crippen molar-refractivity contribution >= 4 is 41.2 Å². The Morgan fingerprint density at radius 2 is 1.74 bits per heavy atom. The summed E-state index contributed by atoms with van der Waals surface area (Å²) in [5.41, 5.74) is 3.04. The fraction of sp³-hybridized carbons (Fsp3) is 0.115. The number of ether oxygens (including phenoxy) is 1. The van der Waals surface area contributed by atoms with Gasteiger partial charge in [-0.05, 0) is 72.5 Å². The molecule has 0 aliphatic carbocycles. The molecular weight excluding hydrogens is 459 g/mol. The molecule has 3 aromatic rings. The molecule has 4 amide bonds. The Morgan fingerprint density at radius 1 is 1.00 bits per heavy atom. The maximum atomic E-state index is 13.1. The maximum absolute atomic E-state index is 13.1. The summed E-state index contributed by atoms with van der Waals surface area (Å²) >= 11 is 6.33. The number of hydrogen-bond donors (Lipinski definition) is 1. The molecule has 0 saturated carbocycles. The Hall–Kier alpha value is -3.97. The van der Waals surface area contributed by atoms with Crippen molar-refractivity contribution < 1.29 is 23.5 Å². The number of nitrogens with one attached hydrogen (secondary N) is 1. The van der Waals surface area contributed by atoms with E-state index < -0.39 is 17.8 Å². The summed E-state index contributed by atoms with van der Waals surface area (Å²) in [5, 5.41) is 2.48. The summed E-state index contributed by atoms with van der Waals surface area (Å²) in [6.45, 7) is 3.81. The van der Waals surface area contributed by atoms with E-state index in [1.54, 1.807) is 49.4 Å². The predicted octanol–water partition coefficient (Wildman–Crippen LogP) is 5.34. The normalized spacial score (nSPS) is 15.0. The van der Waals surface area contributed by atoms with Crippen LogP contribution in [0.2, 0.25) is 5.02 Å². The molecule has 4 rings (SSSR count). The van der Waals surface area contributed by atoms with Crippen molar-refractivity contribution in [1.29, 1.82) is 0 Å². The highest BCUT2D eigenvalue weighted by Gasteiger charge is 2.37. The first-order chi connectivity index (χ1) is 16.2. The average Bonchev–Trinajstić information content (AvgIpc) is 2.79. The van der Waals surface area contributed by atoms with Crippen LogP contribution < -0.4 is 15.0 Å². The lowest BCUT2D eigenvalue weighted by atomic mass is 10.0. The van der Waals surface area contributed by atoms with E-state index in [0.717, 1.165) is 16.0 Å². The standard InChI is InChI=1S/C26H20ClFN2O4/c1-15-3-4-16(2)22(11-15)30-25(32)20(24(31)29-26(30)33)12-18-7-10-23(21(27)13-18)34-14-17-5-8-19(28)9-6-17/h3-13H,14H2,1-2H3,(H,29,31,33)/b20-12+. The number of halogens is 2. The third kappa shape index (κ3) is 4.84. The van der Waals surface area contributed by atoms with E-state index in [4.69, 9.17) is 16.3 Å². The number of urea groups is 1. The summed E-state index contributed by atoms with van der Waals surface area (Å²) < 4.78 is 18.7. The fourth-order valence-electron chi connectivity index (χ4n) is 3.47. The molecule has 0 spiro atoms. The van der Waals surface area contributed by atoms with Gasteiger partial charge in [0.1, 0.15) is 23.7 Å². The predicted molar refractivity (Wildman–Crippen MR) is 127 cm³/mol. The summed E-state index contributed by atoms with van der Waals surface area (Å²) in [6.07, 6.45) is 1.37. The van der Waals surface area contributed by atoms with Crippen LogP contribution in [0.5, 0.6) is 5.75 Å². The second-order valence-electron chi connectivity index (χ2n) is 7.85. The topological polar surface area (TPSA) is 75.7 Å². The van der Waals surface area contributed by atoms with Crippen LogP contribution in [0, 0.1) is 19.7 Å². The van der Waals surface area contributed by atoms with E-state index in [9.17, 15) is 18.8 Å². The van der Waals surface area contributed by atoms with Gasteiger partial charge in [0, 0.05) is 0 Å². The van der Waals surface area contributed by atoms with Gasteiger partial charge in [-0.25, -0.2) is 14.1 Å². The summed E-state index contributed by atoms with van der Waals surface area (Å²) in [5.74, 6) is -1.46.